The number of hydrogen-bond acceptors (Lipinski definition) is 2. The van der Waals surface area contributed by atoms with Crippen LogP contribution in [0.1, 0.15) is 22.6 Å². The SMILES string of the molecule is Cc1cccc(N=C(c2ccccc2)C2C(=O)Nc3ccccc32)c1. The maximum atomic E-state index is 12.7. The number of aliphatic imine (C=N–C) groups is 1. The van der Waals surface area contributed by atoms with Crippen molar-refractivity contribution >= 4 is 23.0 Å². The van der Waals surface area contributed by atoms with Gasteiger partial charge in [-0.3, -0.25) is 9.79 Å². The van der Waals surface area contributed by atoms with Crippen molar-refractivity contribution in [3.05, 3.63) is 95.6 Å². The Morgan fingerprint density at radius 1 is 0.920 bits per heavy atom. The van der Waals surface area contributed by atoms with Crippen molar-refractivity contribution in [3.63, 3.8) is 0 Å². The first-order valence-electron chi connectivity index (χ1n) is 8.33. The second-order valence-corrected chi connectivity index (χ2v) is 6.21. The third-order valence-electron chi connectivity index (χ3n) is 4.39. The number of hydrogen-bond donors (Lipinski definition) is 1. The van der Waals surface area contributed by atoms with Crippen LogP contribution in [0.5, 0.6) is 0 Å². The Hall–Kier alpha value is -3.20. The molecular formula is C22H18N2O. The molecule has 0 saturated carbocycles. The van der Waals surface area contributed by atoms with Gasteiger partial charge in [-0.1, -0.05) is 60.7 Å². The molecule has 3 aromatic rings. The maximum absolute atomic E-state index is 12.7. The highest BCUT2D eigenvalue weighted by Crippen LogP contribution is 2.36. The monoisotopic (exact) mass is 326 g/mol. The third kappa shape index (κ3) is 2.96. The molecule has 1 heterocycles. The summed E-state index contributed by atoms with van der Waals surface area (Å²) in [5.41, 5.74) is 5.57. The molecule has 1 aliphatic heterocycles. The number of nitrogens with one attached hydrogen (secondary N) is 1. The molecule has 4 rings (SSSR count). The van der Waals surface area contributed by atoms with E-state index < -0.39 is 5.92 Å². The Balaban J connectivity index is 1.89. The summed E-state index contributed by atoms with van der Waals surface area (Å²) in [5.74, 6) is -0.435. The lowest BCUT2D eigenvalue weighted by molar-refractivity contribution is -0.115. The van der Waals surface area contributed by atoms with E-state index in [-0.39, 0.29) is 5.91 Å². The van der Waals surface area contributed by atoms with Crippen LogP contribution in [-0.4, -0.2) is 11.6 Å². The van der Waals surface area contributed by atoms with Crippen molar-refractivity contribution < 1.29 is 4.79 Å². The number of rotatable bonds is 3. The first-order valence-corrected chi connectivity index (χ1v) is 8.33. The molecule has 1 atom stereocenters. The smallest absolute Gasteiger partial charge is 0.238 e. The fraction of sp³-hybridized carbons (Fsp3) is 0.0909. The van der Waals surface area contributed by atoms with Gasteiger partial charge in [-0.2, -0.15) is 0 Å². The van der Waals surface area contributed by atoms with Crippen molar-refractivity contribution in [2.75, 3.05) is 5.32 Å². The number of anilines is 1. The molecule has 1 amide bonds. The van der Waals surface area contributed by atoms with Crippen LogP contribution in [0, 0.1) is 6.92 Å². The molecule has 0 saturated heterocycles. The molecule has 1 aliphatic rings. The lowest BCUT2D eigenvalue weighted by atomic mass is 9.90. The zero-order chi connectivity index (χ0) is 17.2. The standard InChI is InChI=1S/C22H18N2O/c1-15-8-7-11-17(14-15)23-21(16-9-3-2-4-10-16)20-18-12-5-6-13-19(18)24-22(20)25/h2-14,20H,1H3,(H,24,25). The van der Waals surface area contributed by atoms with Crippen molar-refractivity contribution in [2.24, 2.45) is 4.99 Å². The summed E-state index contributed by atoms with van der Waals surface area (Å²) in [6, 6.07) is 25.8. The minimum Gasteiger partial charge on any atom is -0.325 e. The van der Waals surface area contributed by atoms with Crippen LogP contribution in [0.25, 0.3) is 0 Å². The number of para-hydroxylation sites is 1. The quantitative estimate of drug-likeness (QED) is 0.687. The molecule has 25 heavy (non-hydrogen) atoms. The predicted molar refractivity (Wildman–Crippen MR) is 102 cm³/mol. The van der Waals surface area contributed by atoms with E-state index in [0.717, 1.165) is 33.8 Å². The fourth-order valence-electron chi connectivity index (χ4n) is 3.22. The Labute approximate surface area is 147 Å². The fourth-order valence-corrected chi connectivity index (χ4v) is 3.22. The van der Waals surface area contributed by atoms with Crippen LogP contribution < -0.4 is 5.32 Å². The first kappa shape index (κ1) is 15.3. The molecule has 3 heteroatoms. The number of carbonyl (C=O) groups excluding carboxylic acids is 1. The summed E-state index contributed by atoms with van der Waals surface area (Å²) >= 11 is 0. The van der Waals surface area contributed by atoms with E-state index in [1.807, 2.05) is 85.8 Å². The zero-order valence-electron chi connectivity index (χ0n) is 13.9. The summed E-state index contributed by atoms with van der Waals surface area (Å²) < 4.78 is 0. The topological polar surface area (TPSA) is 41.5 Å². The molecule has 3 aromatic carbocycles. The summed E-state index contributed by atoms with van der Waals surface area (Å²) in [5, 5.41) is 2.98. The van der Waals surface area contributed by atoms with Gasteiger partial charge in [-0.05, 0) is 41.8 Å². The minimum atomic E-state index is -0.404. The van der Waals surface area contributed by atoms with E-state index >= 15 is 0 Å². The van der Waals surface area contributed by atoms with Gasteiger partial charge in [0.15, 0.2) is 0 Å². The molecule has 1 unspecified atom stereocenters. The Morgan fingerprint density at radius 2 is 1.68 bits per heavy atom. The van der Waals surface area contributed by atoms with E-state index in [2.05, 4.69) is 5.32 Å². The molecule has 0 aromatic heterocycles. The number of amides is 1. The molecule has 1 N–H and O–H groups in total. The van der Waals surface area contributed by atoms with Crippen LogP contribution in [0.15, 0.2) is 83.9 Å². The highest BCUT2D eigenvalue weighted by molar-refractivity contribution is 6.24. The van der Waals surface area contributed by atoms with Crippen molar-refractivity contribution in [2.45, 2.75) is 12.8 Å². The van der Waals surface area contributed by atoms with Gasteiger partial charge in [0.1, 0.15) is 5.92 Å². The van der Waals surface area contributed by atoms with E-state index in [4.69, 9.17) is 4.99 Å². The van der Waals surface area contributed by atoms with E-state index in [1.54, 1.807) is 0 Å². The first-order chi connectivity index (χ1) is 12.2. The number of carbonyl (C=O) groups is 1. The second kappa shape index (κ2) is 6.36. The van der Waals surface area contributed by atoms with Crippen LogP contribution >= 0.6 is 0 Å². The lowest BCUT2D eigenvalue weighted by Gasteiger charge is -2.14. The number of nitrogens with zero attached hydrogens (tertiary/aromatic N) is 1. The molecule has 0 radical (unpaired) electrons. The van der Waals surface area contributed by atoms with Gasteiger partial charge in [-0.15, -0.1) is 0 Å². The van der Waals surface area contributed by atoms with E-state index in [0.29, 0.717) is 0 Å². The van der Waals surface area contributed by atoms with Gasteiger partial charge < -0.3 is 5.32 Å². The van der Waals surface area contributed by atoms with E-state index in [1.165, 1.54) is 0 Å². The molecule has 0 bridgehead atoms. The molecular weight excluding hydrogens is 308 g/mol. The van der Waals surface area contributed by atoms with Crippen LogP contribution in [0.4, 0.5) is 11.4 Å². The molecule has 122 valence electrons. The van der Waals surface area contributed by atoms with Crippen LogP contribution in [0.3, 0.4) is 0 Å². The number of fused-ring (bicyclic) bond motifs is 1. The van der Waals surface area contributed by atoms with Crippen LogP contribution in [-0.2, 0) is 4.79 Å². The largest absolute Gasteiger partial charge is 0.325 e. The van der Waals surface area contributed by atoms with Gasteiger partial charge in [0, 0.05) is 5.69 Å². The molecule has 0 fully saturated rings. The summed E-state index contributed by atoms with van der Waals surface area (Å²) in [6.07, 6.45) is 0. The molecule has 0 aliphatic carbocycles. The molecule has 0 spiro atoms. The number of aryl methyl sites for hydroxylation is 1. The second-order valence-electron chi connectivity index (χ2n) is 6.21. The highest BCUT2D eigenvalue weighted by atomic mass is 16.2. The normalized spacial score (nSPS) is 16.4. The third-order valence-corrected chi connectivity index (χ3v) is 4.39. The summed E-state index contributed by atoms with van der Waals surface area (Å²) in [4.78, 5) is 17.6. The van der Waals surface area contributed by atoms with Gasteiger partial charge in [0.05, 0.1) is 11.4 Å². The minimum absolute atomic E-state index is 0.0311. The average Bonchev–Trinajstić information content (AvgIpc) is 2.96. The van der Waals surface area contributed by atoms with Gasteiger partial charge in [0.25, 0.3) is 0 Å². The Bertz CT molecular complexity index is 961. The zero-order valence-corrected chi connectivity index (χ0v) is 13.9. The Morgan fingerprint density at radius 3 is 2.48 bits per heavy atom. The van der Waals surface area contributed by atoms with Crippen molar-refractivity contribution in [1.82, 2.24) is 0 Å². The predicted octanol–water partition coefficient (Wildman–Crippen LogP) is 4.85. The summed E-state index contributed by atoms with van der Waals surface area (Å²) in [7, 11) is 0. The highest BCUT2D eigenvalue weighted by Gasteiger charge is 2.35. The van der Waals surface area contributed by atoms with Crippen molar-refractivity contribution in [3.8, 4) is 0 Å². The maximum Gasteiger partial charge on any atom is 0.238 e. The van der Waals surface area contributed by atoms with Gasteiger partial charge in [-0.25, -0.2) is 0 Å². The molecule has 3 nitrogen and oxygen atoms in total. The van der Waals surface area contributed by atoms with E-state index in [9.17, 15) is 4.79 Å². The van der Waals surface area contributed by atoms with Crippen LogP contribution in [0.2, 0.25) is 0 Å². The average molecular weight is 326 g/mol. The van der Waals surface area contributed by atoms with Gasteiger partial charge in [0.2, 0.25) is 5.91 Å². The van der Waals surface area contributed by atoms with Crippen molar-refractivity contribution in [1.29, 1.82) is 0 Å². The lowest BCUT2D eigenvalue weighted by Crippen LogP contribution is -2.21. The summed E-state index contributed by atoms with van der Waals surface area (Å²) in [6.45, 7) is 2.04. The number of benzene rings is 3. The van der Waals surface area contributed by atoms with Gasteiger partial charge >= 0.3 is 0 Å². The Kier molecular flexibility index (Phi) is 3.90.